The number of H-pyrrole nitrogens is 2. The van der Waals surface area contributed by atoms with Gasteiger partial charge in [0.2, 0.25) is 29.7 Å². The second kappa shape index (κ2) is 12.7. The lowest BCUT2D eigenvalue weighted by atomic mass is 10.2. The molecule has 0 atom stereocenters. The second-order valence-electron chi connectivity index (χ2n) is 12.3. The largest absolute Gasteiger partial charge is 0.508 e. The number of benzene rings is 4. The molecule has 4 heterocycles. The van der Waals surface area contributed by atoms with Crippen LogP contribution in [0.15, 0.2) is 102 Å². The molecule has 8 rings (SSSR count). The van der Waals surface area contributed by atoms with E-state index in [9.17, 15) is 31.5 Å². The lowest BCUT2D eigenvalue weighted by Gasteiger charge is -2.07. The summed E-state index contributed by atoms with van der Waals surface area (Å²) in [7, 11) is -6.45. The fourth-order valence-electron chi connectivity index (χ4n) is 6.08. The van der Waals surface area contributed by atoms with Crippen LogP contribution in [0.5, 0.6) is 11.5 Å². The summed E-state index contributed by atoms with van der Waals surface area (Å²) in [4.78, 5) is 32.8. The van der Waals surface area contributed by atoms with Crippen LogP contribution in [-0.2, 0) is 19.7 Å². The minimum atomic E-state index is -3.99. The van der Waals surface area contributed by atoms with Crippen molar-refractivity contribution >= 4 is 52.8 Å². The number of ether oxygens (including phenoxy) is 1. The summed E-state index contributed by atoms with van der Waals surface area (Å²) in [6.45, 7) is 7.16. The highest BCUT2D eigenvalue weighted by molar-refractivity contribution is 7.92. The van der Waals surface area contributed by atoms with Crippen molar-refractivity contribution in [3.8, 4) is 11.5 Å². The number of phenols is 1. The maximum atomic E-state index is 13.1. The molecule has 0 aliphatic heterocycles. The van der Waals surface area contributed by atoms with Gasteiger partial charge in [-0.15, -0.1) is 10.2 Å². The van der Waals surface area contributed by atoms with Crippen LogP contribution in [0.3, 0.4) is 0 Å². The summed E-state index contributed by atoms with van der Waals surface area (Å²) < 4.78 is 60.3. The second-order valence-corrected chi connectivity index (χ2v) is 16.0. The van der Waals surface area contributed by atoms with Crippen LogP contribution in [0.25, 0.3) is 33.1 Å². The Morgan fingerprint density at radius 2 is 1.08 bits per heavy atom. The Hall–Kier alpha value is -6.40. The van der Waals surface area contributed by atoms with Crippen LogP contribution in [0.1, 0.15) is 22.3 Å². The van der Waals surface area contributed by atoms with E-state index in [0.29, 0.717) is 27.8 Å². The molecule has 0 bridgehead atoms. The summed E-state index contributed by atoms with van der Waals surface area (Å²) >= 11 is 0. The zero-order chi connectivity index (χ0) is 38.0. The van der Waals surface area contributed by atoms with Gasteiger partial charge in [0, 0.05) is 12.1 Å². The van der Waals surface area contributed by atoms with Crippen molar-refractivity contribution in [2.75, 3.05) is 7.11 Å². The molecular formula is C35H30N8O8S2. The molecule has 0 unspecified atom stereocenters. The predicted octanol–water partition coefficient (Wildman–Crippen LogP) is 3.76. The molecule has 0 spiro atoms. The van der Waals surface area contributed by atoms with Crippen LogP contribution in [0, 0.1) is 27.7 Å². The van der Waals surface area contributed by atoms with Gasteiger partial charge in [0.1, 0.15) is 11.5 Å². The average molecular weight is 755 g/mol. The molecule has 18 heteroatoms. The molecule has 0 saturated carbocycles. The predicted molar refractivity (Wildman–Crippen MR) is 193 cm³/mol. The number of rotatable bonds is 5. The SMILES string of the molecule is COc1ccc2c(=O)nc3c(S(=O)(=O)c4ccc(C)cc4C)n[nH]n3c2c1.Cc1ccc(S(=O)(=O)c2n[nH]n3c2nc(=O)c2ccc(O)cc23)c(C)c1. The van der Waals surface area contributed by atoms with Crippen molar-refractivity contribution in [2.24, 2.45) is 0 Å². The van der Waals surface area contributed by atoms with Gasteiger partial charge in [-0.05, 0) is 75.2 Å². The number of hydrogen-bond donors (Lipinski definition) is 3. The van der Waals surface area contributed by atoms with Crippen molar-refractivity contribution in [2.45, 2.75) is 47.5 Å². The lowest BCUT2D eigenvalue weighted by Crippen LogP contribution is -2.12. The summed E-state index contributed by atoms with van der Waals surface area (Å²) in [5, 5.41) is 22.7. The van der Waals surface area contributed by atoms with E-state index >= 15 is 0 Å². The smallest absolute Gasteiger partial charge is 0.281 e. The van der Waals surface area contributed by atoms with Gasteiger partial charge in [-0.25, -0.2) is 36.3 Å². The minimum absolute atomic E-state index is 0.0549. The molecule has 0 fully saturated rings. The van der Waals surface area contributed by atoms with Crippen molar-refractivity contribution in [3.05, 3.63) is 116 Å². The third kappa shape index (κ3) is 5.86. The van der Waals surface area contributed by atoms with E-state index in [1.165, 1.54) is 46.5 Å². The van der Waals surface area contributed by atoms with Crippen LogP contribution in [-0.4, -0.2) is 68.7 Å². The Morgan fingerprint density at radius 1 is 0.623 bits per heavy atom. The quantitative estimate of drug-likeness (QED) is 0.229. The molecule has 4 aromatic carbocycles. The maximum absolute atomic E-state index is 13.1. The molecule has 0 amide bonds. The first kappa shape index (κ1) is 35.0. The van der Waals surface area contributed by atoms with Gasteiger partial charge >= 0.3 is 0 Å². The zero-order valence-corrected chi connectivity index (χ0v) is 30.4. The number of fused-ring (bicyclic) bond motifs is 6. The number of aryl methyl sites for hydroxylation is 4. The van der Waals surface area contributed by atoms with E-state index < -0.39 is 30.8 Å². The number of methoxy groups -OCH3 is 1. The van der Waals surface area contributed by atoms with E-state index in [1.54, 1.807) is 56.3 Å². The Kier molecular flexibility index (Phi) is 8.37. The number of hydrogen-bond acceptors (Lipinski definition) is 12. The zero-order valence-electron chi connectivity index (χ0n) is 28.7. The molecule has 3 N–H and O–H groups in total. The van der Waals surface area contributed by atoms with Gasteiger partial charge in [-0.3, -0.25) is 9.59 Å². The molecule has 8 aromatic rings. The van der Waals surface area contributed by atoms with Crippen molar-refractivity contribution in [1.29, 1.82) is 0 Å². The van der Waals surface area contributed by atoms with Gasteiger partial charge in [0.05, 0.1) is 38.7 Å². The molecular weight excluding hydrogens is 725 g/mol. The first-order valence-electron chi connectivity index (χ1n) is 15.8. The number of sulfone groups is 2. The van der Waals surface area contributed by atoms with Crippen LogP contribution in [0.2, 0.25) is 0 Å². The van der Waals surface area contributed by atoms with E-state index in [2.05, 4.69) is 30.6 Å². The molecule has 16 nitrogen and oxygen atoms in total. The number of aromatic nitrogens is 8. The van der Waals surface area contributed by atoms with Crippen LogP contribution >= 0.6 is 0 Å². The van der Waals surface area contributed by atoms with Gasteiger partial charge in [0.25, 0.3) is 11.1 Å². The Balaban J connectivity index is 0.000000164. The van der Waals surface area contributed by atoms with E-state index in [4.69, 9.17) is 4.74 Å². The average Bonchev–Trinajstić information content (AvgIpc) is 3.74. The van der Waals surface area contributed by atoms with Gasteiger partial charge in [-0.1, -0.05) is 35.4 Å². The Bertz CT molecular complexity index is 3150. The van der Waals surface area contributed by atoms with Crippen LogP contribution < -0.4 is 15.9 Å². The topological polar surface area (TPSA) is 224 Å². The fraction of sp³-hybridized carbons (Fsp3) is 0.143. The number of nitrogens with zero attached hydrogens (tertiary/aromatic N) is 6. The van der Waals surface area contributed by atoms with Gasteiger partial charge in [0.15, 0.2) is 11.3 Å². The fourth-order valence-corrected chi connectivity index (χ4v) is 9.04. The molecule has 0 aliphatic carbocycles. The molecule has 270 valence electrons. The standard InChI is InChI=1S/C18H16N4O4S.C17H14N4O4S/c1-10-4-7-15(11(2)8-10)27(24,25)18-16-19-17(23)13-6-5-12(26-3)9-14(13)22(16)21-20-18;1-9-3-6-14(10(2)7-9)26(24,25)17-15-18-16(23)12-5-4-11(22)8-13(12)21(15)20-19-17/h4-9,21H,1-3H3;3-8,20,22H,1-2H3. The lowest BCUT2D eigenvalue weighted by molar-refractivity contribution is 0.415. The summed E-state index contributed by atoms with van der Waals surface area (Å²) in [6, 6.07) is 19.0. The van der Waals surface area contributed by atoms with E-state index in [0.717, 1.165) is 11.1 Å². The summed E-state index contributed by atoms with van der Waals surface area (Å²) in [5.41, 5.74) is 2.47. The highest BCUT2D eigenvalue weighted by atomic mass is 32.2. The molecule has 0 saturated heterocycles. The highest BCUT2D eigenvalue weighted by Gasteiger charge is 2.29. The third-order valence-electron chi connectivity index (χ3n) is 8.60. The molecule has 4 aromatic heterocycles. The Morgan fingerprint density at radius 3 is 1.53 bits per heavy atom. The monoisotopic (exact) mass is 754 g/mol. The van der Waals surface area contributed by atoms with Crippen molar-refractivity contribution < 1.29 is 26.7 Å². The first-order valence-corrected chi connectivity index (χ1v) is 18.8. The summed E-state index contributed by atoms with van der Waals surface area (Å²) in [5.74, 6) is 0.459. The molecule has 53 heavy (non-hydrogen) atoms. The maximum Gasteiger partial charge on any atom is 0.281 e. The third-order valence-corrected chi connectivity index (χ3v) is 12.2. The van der Waals surface area contributed by atoms with Crippen molar-refractivity contribution in [1.82, 2.24) is 39.6 Å². The number of aromatic hydroxyl groups is 1. The number of nitrogens with one attached hydrogen (secondary N) is 2. The Labute approximate surface area is 300 Å². The van der Waals surface area contributed by atoms with Gasteiger partial charge in [-0.2, -0.15) is 9.97 Å². The van der Waals surface area contributed by atoms with Crippen LogP contribution in [0.4, 0.5) is 0 Å². The van der Waals surface area contributed by atoms with Crippen molar-refractivity contribution in [3.63, 3.8) is 0 Å². The summed E-state index contributed by atoms with van der Waals surface area (Å²) in [6.07, 6.45) is 0. The highest BCUT2D eigenvalue weighted by Crippen LogP contribution is 2.28. The molecule has 0 aliphatic rings. The van der Waals surface area contributed by atoms with E-state index in [1.807, 2.05) is 13.8 Å². The normalized spacial score (nSPS) is 12.0. The molecule has 0 radical (unpaired) electrons. The number of aromatic amines is 2. The minimum Gasteiger partial charge on any atom is -0.508 e. The van der Waals surface area contributed by atoms with Gasteiger partial charge < -0.3 is 9.84 Å². The van der Waals surface area contributed by atoms with E-state index in [-0.39, 0.29) is 47.8 Å². The first-order chi connectivity index (χ1) is 25.1. The number of phenolic OH excluding ortho intramolecular Hbond substituents is 1.